The maximum Gasteiger partial charge on any atom is 0.309 e. The second-order valence-electron chi connectivity index (χ2n) is 6.23. The third-order valence-electron chi connectivity index (χ3n) is 4.33. The molecule has 0 saturated carbocycles. The van der Waals surface area contributed by atoms with E-state index in [9.17, 15) is 9.59 Å². The summed E-state index contributed by atoms with van der Waals surface area (Å²) < 4.78 is 5.55. The van der Waals surface area contributed by atoms with E-state index in [1.54, 1.807) is 19.2 Å². The summed E-state index contributed by atoms with van der Waals surface area (Å²) in [5.41, 5.74) is 0.937. The van der Waals surface area contributed by atoms with Gasteiger partial charge in [-0.3, -0.25) is 9.59 Å². The summed E-state index contributed by atoms with van der Waals surface area (Å²) in [6.07, 6.45) is 0. The first-order chi connectivity index (χ1) is 12.4. The molecular formula is C20H23ClN2O3. The monoisotopic (exact) mass is 374 g/mol. The van der Waals surface area contributed by atoms with Crippen molar-refractivity contribution < 1.29 is 14.3 Å². The Balaban J connectivity index is 1.96. The van der Waals surface area contributed by atoms with Gasteiger partial charge in [-0.15, -0.1) is 0 Å². The molecule has 0 aliphatic carbocycles. The zero-order valence-electron chi connectivity index (χ0n) is 15.1. The third-order valence-corrected chi connectivity index (χ3v) is 4.56. The summed E-state index contributed by atoms with van der Waals surface area (Å²) in [6, 6.07) is 16.4. The summed E-state index contributed by atoms with van der Waals surface area (Å²) in [5, 5.41) is 5.89. The van der Waals surface area contributed by atoms with Crippen LogP contribution in [0.1, 0.15) is 31.0 Å². The lowest BCUT2D eigenvalue weighted by molar-refractivity contribution is -0.140. The highest BCUT2D eigenvalue weighted by Crippen LogP contribution is 2.26. The molecule has 2 unspecified atom stereocenters. The van der Waals surface area contributed by atoms with Crippen molar-refractivity contribution in [1.29, 1.82) is 0 Å². The van der Waals surface area contributed by atoms with E-state index < -0.39 is 17.4 Å². The van der Waals surface area contributed by atoms with Crippen LogP contribution in [0, 0.1) is 0 Å². The number of methoxy groups -OCH3 is 1. The molecule has 0 saturated heterocycles. The first-order valence-corrected chi connectivity index (χ1v) is 8.68. The van der Waals surface area contributed by atoms with Gasteiger partial charge in [0.1, 0.15) is 5.60 Å². The van der Waals surface area contributed by atoms with Crippen molar-refractivity contribution in [2.24, 2.45) is 0 Å². The number of benzene rings is 2. The largest absolute Gasteiger partial charge is 0.372 e. The Labute approximate surface area is 158 Å². The number of ether oxygens (including phenoxy) is 1. The summed E-state index contributed by atoms with van der Waals surface area (Å²) in [5.74, 6) is -1.40. The van der Waals surface area contributed by atoms with Gasteiger partial charge in [0, 0.05) is 12.1 Å². The fourth-order valence-electron chi connectivity index (χ4n) is 2.53. The maximum absolute atomic E-state index is 12.2. The quantitative estimate of drug-likeness (QED) is 0.763. The van der Waals surface area contributed by atoms with Crippen LogP contribution in [-0.2, 0) is 19.9 Å². The van der Waals surface area contributed by atoms with Crippen LogP contribution in [0.2, 0.25) is 5.02 Å². The van der Waals surface area contributed by atoms with Gasteiger partial charge in [-0.25, -0.2) is 0 Å². The van der Waals surface area contributed by atoms with Crippen LogP contribution >= 0.6 is 11.6 Å². The molecule has 0 fully saturated rings. The Morgan fingerprint density at radius 3 is 2.42 bits per heavy atom. The molecule has 26 heavy (non-hydrogen) atoms. The molecule has 0 radical (unpaired) electrons. The molecule has 0 bridgehead atoms. The number of hydrogen-bond acceptors (Lipinski definition) is 3. The summed E-state index contributed by atoms with van der Waals surface area (Å²) in [6.45, 7) is 3.78. The SMILES string of the molecule is COC(C)(CNC(=O)C(=O)NC(C)c1ccccc1)c1cccc(Cl)c1. The van der Waals surface area contributed by atoms with Gasteiger partial charge in [-0.05, 0) is 37.1 Å². The van der Waals surface area contributed by atoms with Gasteiger partial charge in [-0.1, -0.05) is 54.1 Å². The fourth-order valence-corrected chi connectivity index (χ4v) is 2.72. The molecule has 2 aromatic carbocycles. The third kappa shape index (κ3) is 5.07. The molecule has 2 N–H and O–H groups in total. The lowest BCUT2D eigenvalue weighted by Gasteiger charge is -2.29. The Bertz CT molecular complexity index is 767. The van der Waals surface area contributed by atoms with Crippen molar-refractivity contribution in [3.05, 3.63) is 70.7 Å². The van der Waals surface area contributed by atoms with Crippen molar-refractivity contribution in [1.82, 2.24) is 10.6 Å². The summed E-state index contributed by atoms with van der Waals surface area (Å²) >= 11 is 6.03. The number of amides is 2. The second kappa shape index (κ2) is 8.83. The van der Waals surface area contributed by atoms with Gasteiger partial charge in [0.25, 0.3) is 0 Å². The maximum atomic E-state index is 12.2. The minimum atomic E-state index is -0.800. The van der Waals surface area contributed by atoms with E-state index in [4.69, 9.17) is 16.3 Å². The van der Waals surface area contributed by atoms with E-state index in [-0.39, 0.29) is 12.6 Å². The van der Waals surface area contributed by atoms with Crippen LogP contribution < -0.4 is 10.6 Å². The van der Waals surface area contributed by atoms with E-state index in [0.29, 0.717) is 5.02 Å². The molecular weight excluding hydrogens is 352 g/mol. The number of halogens is 1. The van der Waals surface area contributed by atoms with Gasteiger partial charge in [0.15, 0.2) is 0 Å². The standard InChI is InChI=1S/C20H23ClN2O3/c1-14(15-8-5-4-6-9-15)23-19(25)18(24)22-13-20(2,26-3)16-10-7-11-17(21)12-16/h4-12,14H,13H2,1-3H3,(H,22,24)(H,23,25). The van der Waals surface area contributed by atoms with E-state index in [1.165, 1.54) is 0 Å². The number of rotatable bonds is 6. The van der Waals surface area contributed by atoms with Crippen molar-refractivity contribution >= 4 is 23.4 Å². The first kappa shape index (κ1) is 19.9. The molecule has 2 aromatic rings. The molecule has 138 valence electrons. The van der Waals surface area contributed by atoms with Gasteiger partial charge >= 0.3 is 11.8 Å². The highest BCUT2D eigenvalue weighted by molar-refractivity contribution is 6.35. The van der Waals surface area contributed by atoms with Crippen LogP contribution in [0.25, 0.3) is 0 Å². The van der Waals surface area contributed by atoms with Crippen LogP contribution in [0.5, 0.6) is 0 Å². The normalized spacial score (nSPS) is 14.2. The lowest BCUT2D eigenvalue weighted by Crippen LogP contribution is -2.46. The zero-order valence-corrected chi connectivity index (χ0v) is 15.8. The van der Waals surface area contributed by atoms with E-state index in [0.717, 1.165) is 11.1 Å². The Kier molecular flexibility index (Phi) is 6.77. The second-order valence-corrected chi connectivity index (χ2v) is 6.67. The van der Waals surface area contributed by atoms with E-state index >= 15 is 0 Å². The molecule has 0 heterocycles. The van der Waals surface area contributed by atoms with Crippen LogP contribution in [0.15, 0.2) is 54.6 Å². The summed E-state index contributed by atoms with van der Waals surface area (Å²) in [7, 11) is 1.55. The van der Waals surface area contributed by atoms with Crippen molar-refractivity contribution in [2.75, 3.05) is 13.7 Å². The lowest BCUT2D eigenvalue weighted by atomic mass is 9.95. The summed E-state index contributed by atoms with van der Waals surface area (Å²) in [4.78, 5) is 24.3. The number of carbonyl (C=O) groups is 2. The van der Waals surface area contributed by atoms with Crippen LogP contribution in [0.4, 0.5) is 0 Å². The van der Waals surface area contributed by atoms with E-state index in [2.05, 4.69) is 10.6 Å². The van der Waals surface area contributed by atoms with Gasteiger partial charge in [-0.2, -0.15) is 0 Å². The van der Waals surface area contributed by atoms with Gasteiger partial charge in [0.2, 0.25) is 0 Å². The highest BCUT2D eigenvalue weighted by Gasteiger charge is 2.28. The average molecular weight is 375 g/mol. The molecule has 0 aliphatic rings. The highest BCUT2D eigenvalue weighted by atomic mass is 35.5. The van der Waals surface area contributed by atoms with Gasteiger partial charge in [0.05, 0.1) is 12.6 Å². The molecule has 0 aliphatic heterocycles. The fraction of sp³-hybridized carbons (Fsp3) is 0.300. The predicted molar refractivity (Wildman–Crippen MR) is 102 cm³/mol. The molecule has 0 aromatic heterocycles. The topological polar surface area (TPSA) is 67.4 Å². The Morgan fingerprint density at radius 2 is 1.81 bits per heavy atom. The minimum Gasteiger partial charge on any atom is -0.372 e. The smallest absolute Gasteiger partial charge is 0.309 e. The molecule has 6 heteroatoms. The molecule has 2 atom stereocenters. The molecule has 2 rings (SSSR count). The minimum absolute atomic E-state index is 0.135. The predicted octanol–water partition coefficient (Wildman–Crippen LogP) is 3.20. The van der Waals surface area contributed by atoms with Gasteiger partial charge < -0.3 is 15.4 Å². The van der Waals surface area contributed by atoms with Crippen LogP contribution in [0.3, 0.4) is 0 Å². The van der Waals surface area contributed by atoms with Crippen molar-refractivity contribution in [3.63, 3.8) is 0 Å². The van der Waals surface area contributed by atoms with E-state index in [1.807, 2.05) is 56.3 Å². The average Bonchev–Trinajstić information content (AvgIpc) is 2.66. The number of nitrogens with one attached hydrogen (secondary N) is 2. The van der Waals surface area contributed by atoms with Crippen LogP contribution in [-0.4, -0.2) is 25.5 Å². The first-order valence-electron chi connectivity index (χ1n) is 8.30. The van der Waals surface area contributed by atoms with Crippen molar-refractivity contribution in [2.45, 2.75) is 25.5 Å². The zero-order chi connectivity index (χ0) is 19.2. The molecule has 5 nitrogen and oxygen atoms in total. The molecule has 0 spiro atoms. The Hall–Kier alpha value is -2.37. The number of hydrogen-bond donors (Lipinski definition) is 2. The van der Waals surface area contributed by atoms with Crippen molar-refractivity contribution in [3.8, 4) is 0 Å². The molecule has 2 amide bonds. The Morgan fingerprint density at radius 1 is 1.12 bits per heavy atom. The number of carbonyl (C=O) groups excluding carboxylic acids is 2.